The van der Waals surface area contributed by atoms with Gasteiger partial charge in [0.2, 0.25) is 0 Å². The summed E-state index contributed by atoms with van der Waals surface area (Å²) in [6.07, 6.45) is 2.58. The van der Waals surface area contributed by atoms with Crippen molar-refractivity contribution in [2.75, 3.05) is 0 Å². The Hall–Kier alpha value is -0.160. The quantitative estimate of drug-likeness (QED) is 0.844. The van der Waals surface area contributed by atoms with Crippen molar-refractivity contribution in [2.24, 2.45) is 0 Å². The lowest BCUT2D eigenvalue weighted by atomic mass is 10.2. The van der Waals surface area contributed by atoms with Gasteiger partial charge in [-0.3, -0.25) is 0 Å². The molecule has 0 saturated heterocycles. The number of nitrogens with one attached hydrogen (secondary N) is 1. The molecule has 0 radical (unpaired) electrons. The van der Waals surface area contributed by atoms with Gasteiger partial charge in [0, 0.05) is 16.2 Å². The Morgan fingerprint density at radius 2 is 2.23 bits per heavy atom. The Bertz CT molecular complexity index is 310. The van der Waals surface area contributed by atoms with Crippen molar-refractivity contribution >= 4 is 22.6 Å². The van der Waals surface area contributed by atoms with Crippen molar-refractivity contribution in [3.63, 3.8) is 0 Å². The van der Waals surface area contributed by atoms with Crippen LogP contribution in [0.5, 0.6) is 0 Å². The summed E-state index contributed by atoms with van der Waals surface area (Å²) >= 11 is 2.02. The highest BCUT2D eigenvalue weighted by molar-refractivity contribution is 14.1. The van der Waals surface area contributed by atoms with E-state index in [-0.39, 0.29) is 5.82 Å². The zero-order chi connectivity index (χ0) is 9.26. The molecule has 2 rings (SSSR count). The van der Waals surface area contributed by atoms with Gasteiger partial charge in [0.15, 0.2) is 0 Å². The van der Waals surface area contributed by atoms with E-state index in [9.17, 15) is 4.39 Å². The molecule has 1 aliphatic carbocycles. The predicted molar refractivity (Wildman–Crippen MR) is 59.0 cm³/mol. The van der Waals surface area contributed by atoms with Crippen molar-refractivity contribution in [1.29, 1.82) is 0 Å². The second-order valence-electron chi connectivity index (χ2n) is 3.40. The standard InChI is InChI=1S/C10H11FIN/c11-9-4-1-7(5-10(9)12)6-13-8-2-3-8/h1,4-5,8,13H,2-3,6H2. The molecule has 0 bridgehead atoms. The second-order valence-corrected chi connectivity index (χ2v) is 4.57. The van der Waals surface area contributed by atoms with Crippen LogP contribution in [0.15, 0.2) is 18.2 Å². The lowest BCUT2D eigenvalue weighted by Gasteiger charge is -2.03. The van der Waals surface area contributed by atoms with E-state index >= 15 is 0 Å². The lowest BCUT2D eigenvalue weighted by Crippen LogP contribution is -2.15. The van der Waals surface area contributed by atoms with Crippen LogP contribution in [0, 0.1) is 9.39 Å². The van der Waals surface area contributed by atoms with E-state index in [2.05, 4.69) is 5.32 Å². The van der Waals surface area contributed by atoms with Crippen LogP contribution < -0.4 is 5.32 Å². The van der Waals surface area contributed by atoms with Gasteiger partial charge in [-0.15, -0.1) is 0 Å². The second kappa shape index (κ2) is 3.92. The van der Waals surface area contributed by atoms with Crippen LogP contribution in [-0.4, -0.2) is 6.04 Å². The number of hydrogen-bond acceptors (Lipinski definition) is 1. The largest absolute Gasteiger partial charge is 0.310 e. The molecular formula is C10H11FIN. The van der Waals surface area contributed by atoms with Crippen molar-refractivity contribution < 1.29 is 4.39 Å². The van der Waals surface area contributed by atoms with Gasteiger partial charge < -0.3 is 5.32 Å². The van der Waals surface area contributed by atoms with Crippen molar-refractivity contribution in [2.45, 2.75) is 25.4 Å². The molecule has 0 unspecified atom stereocenters. The molecule has 1 aliphatic rings. The first-order chi connectivity index (χ1) is 6.25. The monoisotopic (exact) mass is 291 g/mol. The first-order valence-electron chi connectivity index (χ1n) is 4.43. The number of rotatable bonds is 3. The van der Waals surface area contributed by atoms with E-state index in [1.54, 1.807) is 0 Å². The summed E-state index contributed by atoms with van der Waals surface area (Å²) in [5.41, 5.74) is 1.16. The van der Waals surface area contributed by atoms with Gasteiger partial charge in [0.1, 0.15) is 5.82 Å². The summed E-state index contributed by atoms with van der Waals surface area (Å²) < 4.78 is 13.6. The number of halogens is 2. The minimum atomic E-state index is -0.129. The molecule has 1 aromatic rings. The van der Waals surface area contributed by atoms with Crippen LogP contribution in [0.2, 0.25) is 0 Å². The van der Waals surface area contributed by atoms with E-state index in [0.29, 0.717) is 9.61 Å². The first kappa shape index (κ1) is 9.40. The Labute approximate surface area is 90.9 Å². The summed E-state index contributed by atoms with van der Waals surface area (Å²) in [7, 11) is 0. The van der Waals surface area contributed by atoms with Crippen LogP contribution in [0.25, 0.3) is 0 Å². The van der Waals surface area contributed by atoms with E-state index in [4.69, 9.17) is 0 Å². The SMILES string of the molecule is Fc1ccc(CNC2CC2)cc1I. The number of hydrogen-bond donors (Lipinski definition) is 1. The predicted octanol–water partition coefficient (Wildman–Crippen LogP) is 2.68. The van der Waals surface area contributed by atoms with Gasteiger partial charge in [-0.2, -0.15) is 0 Å². The van der Waals surface area contributed by atoms with Crippen molar-refractivity contribution in [1.82, 2.24) is 5.32 Å². The maximum absolute atomic E-state index is 12.9. The zero-order valence-corrected chi connectivity index (χ0v) is 9.34. The third-order valence-corrected chi connectivity index (χ3v) is 2.98. The molecule has 13 heavy (non-hydrogen) atoms. The maximum Gasteiger partial charge on any atom is 0.136 e. The van der Waals surface area contributed by atoms with Crippen LogP contribution in [0.1, 0.15) is 18.4 Å². The normalized spacial score (nSPS) is 16.2. The van der Waals surface area contributed by atoms with Crippen molar-refractivity contribution in [3.8, 4) is 0 Å². The highest BCUT2D eigenvalue weighted by Gasteiger charge is 2.19. The number of benzene rings is 1. The molecule has 1 aromatic carbocycles. The molecule has 1 nitrogen and oxygen atoms in total. The summed E-state index contributed by atoms with van der Waals surface area (Å²) in [4.78, 5) is 0. The smallest absolute Gasteiger partial charge is 0.136 e. The Kier molecular flexibility index (Phi) is 2.83. The average Bonchev–Trinajstić information content (AvgIpc) is 2.91. The molecule has 1 N–H and O–H groups in total. The van der Waals surface area contributed by atoms with Crippen LogP contribution in [0.4, 0.5) is 4.39 Å². The van der Waals surface area contributed by atoms with Crippen LogP contribution in [-0.2, 0) is 6.54 Å². The van der Waals surface area contributed by atoms with E-state index in [1.807, 2.05) is 34.7 Å². The third-order valence-electron chi connectivity index (χ3n) is 2.16. The fourth-order valence-electron chi connectivity index (χ4n) is 1.20. The van der Waals surface area contributed by atoms with E-state index < -0.39 is 0 Å². The Morgan fingerprint density at radius 3 is 2.85 bits per heavy atom. The van der Waals surface area contributed by atoms with Crippen LogP contribution in [0.3, 0.4) is 0 Å². The van der Waals surface area contributed by atoms with Crippen LogP contribution >= 0.6 is 22.6 Å². The maximum atomic E-state index is 12.9. The molecule has 0 amide bonds. The topological polar surface area (TPSA) is 12.0 Å². The lowest BCUT2D eigenvalue weighted by molar-refractivity contribution is 0.617. The first-order valence-corrected chi connectivity index (χ1v) is 5.51. The summed E-state index contributed by atoms with van der Waals surface area (Å²) in [5, 5.41) is 3.39. The molecule has 1 saturated carbocycles. The van der Waals surface area contributed by atoms with Gasteiger partial charge in [0.25, 0.3) is 0 Å². The minimum absolute atomic E-state index is 0.129. The zero-order valence-electron chi connectivity index (χ0n) is 7.19. The van der Waals surface area contributed by atoms with Gasteiger partial charge in [-0.1, -0.05) is 6.07 Å². The van der Waals surface area contributed by atoms with E-state index in [1.165, 1.54) is 18.9 Å². The summed E-state index contributed by atoms with van der Waals surface area (Å²) in [6, 6.07) is 5.98. The molecule has 0 aliphatic heterocycles. The highest BCUT2D eigenvalue weighted by atomic mass is 127. The Balaban J connectivity index is 1.98. The van der Waals surface area contributed by atoms with Gasteiger partial charge in [-0.05, 0) is 53.1 Å². The average molecular weight is 291 g/mol. The molecule has 0 heterocycles. The van der Waals surface area contributed by atoms with E-state index in [0.717, 1.165) is 12.1 Å². The highest BCUT2D eigenvalue weighted by Crippen LogP contribution is 2.20. The Morgan fingerprint density at radius 1 is 1.46 bits per heavy atom. The van der Waals surface area contributed by atoms with Gasteiger partial charge in [0.05, 0.1) is 0 Å². The molecule has 70 valence electrons. The van der Waals surface area contributed by atoms with Gasteiger partial charge >= 0.3 is 0 Å². The molecule has 0 aromatic heterocycles. The molecule has 0 spiro atoms. The molecule has 3 heteroatoms. The fourth-order valence-corrected chi connectivity index (χ4v) is 1.78. The summed E-state index contributed by atoms with van der Waals surface area (Å²) in [6.45, 7) is 0.862. The molecule has 1 fully saturated rings. The minimum Gasteiger partial charge on any atom is -0.310 e. The summed E-state index contributed by atoms with van der Waals surface area (Å²) in [5.74, 6) is -0.129. The molecule has 0 atom stereocenters. The van der Waals surface area contributed by atoms with Crippen molar-refractivity contribution in [3.05, 3.63) is 33.1 Å². The fraction of sp³-hybridized carbons (Fsp3) is 0.400. The molecular weight excluding hydrogens is 280 g/mol. The third kappa shape index (κ3) is 2.64. The van der Waals surface area contributed by atoms with Gasteiger partial charge in [-0.25, -0.2) is 4.39 Å².